The van der Waals surface area contributed by atoms with Crippen molar-refractivity contribution < 1.29 is 4.39 Å². The van der Waals surface area contributed by atoms with Crippen molar-refractivity contribution in [2.45, 2.75) is 6.54 Å². The lowest BCUT2D eigenvalue weighted by Crippen LogP contribution is -2.32. The summed E-state index contributed by atoms with van der Waals surface area (Å²) in [7, 11) is 1.68. The number of hydrogen-bond acceptors (Lipinski definition) is 6. The van der Waals surface area contributed by atoms with E-state index in [1.807, 2.05) is 4.98 Å². The van der Waals surface area contributed by atoms with Gasteiger partial charge >= 0.3 is 5.69 Å². The van der Waals surface area contributed by atoms with Crippen LogP contribution in [0.4, 0.5) is 10.2 Å². The van der Waals surface area contributed by atoms with E-state index in [1.165, 1.54) is 10.9 Å². The van der Waals surface area contributed by atoms with Gasteiger partial charge in [-0.25, -0.2) is 14.8 Å². The fourth-order valence-corrected chi connectivity index (χ4v) is 1.91. The SMILES string of the molecule is Cn1ncc2c(N)nc(Cn3cc(F)c(=O)[nH]c3=O)nc21. The highest BCUT2D eigenvalue weighted by molar-refractivity contribution is 5.84. The lowest BCUT2D eigenvalue weighted by molar-refractivity contribution is 0.561. The maximum atomic E-state index is 13.2. The third kappa shape index (κ3) is 2.16. The van der Waals surface area contributed by atoms with Gasteiger partial charge in [-0.3, -0.25) is 19.0 Å². The number of anilines is 1. The van der Waals surface area contributed by atoms with Crippen LogP contribution in [-0.4, -0.2) is 29.3 Å². The fourth-order valence-electron chi connectivity index (χ4n) is 1.91. The Bertz CT molecular complexity index is 955. The van der Waals surface area contributed by atoms with Crippen molar-refractivity contribution in [3.63, 3.8) is 0 Å². The Morgan fingerprint density at radius 2 is 2.14 bits per heavy atom. The van der Waals surface area contributed by atoms with Crippen molar-refractivity contribution in [2.24, 2.45) is 7.05 Å². The van der Waals surface area contributed by atoms with E-state index in [0.717, 1.165) is 10.8 Å². The summed E-state index contributed by atoms with van der Waals surface area (Å²) >= 11 is 0. The van der Waals surface area contributed by atoms with Crippen molar-refractivity contribution in [1.29, 1.82) is 0 Å². The highest BCUT2D eigenvalue weighted by Gasteiger charge is 2.11. The quantitative estimate of drug-likeness (QED) is 0.623. The molecule has 0 fully saturated rings. The first kappa shape index (κ1) is 13.0. The van der Waals surface area contributed by atoms with Gasteiger partial charge in [0, 0.05) is 7.05 Å². The zero-order chi connectivity index (χ0) is 15.1. The van der Waals surface area contributed by atoms with Gasteiger partial charge in [0.1, 0.15) is 5.82 Å². The molecule has 9 nitrogen and oxygen atoms in total. The number of H-pyrrole nitrogens is 1. The summed E-state index contributed by atoms with van der Waals surface area (Å²) in [6.07, 6.45) is 2.33. The summed E-state index contributed by atoms with van der Waals surface area (Å²) < 4.78 is 15.7. The first-order valence-electron chi connectivity index (χ1n) is 5.89. The van der Waals surface area contributed by atoms with Crippen molar-refractivity contribution in [1.82, 2.24) is 29.3 Å². The Balaban J connectivity index is 2.10. The molecule has 108 valence electrons. The van der Waals surface area contributed by atoms with Gasteiger partial charge < -0.3 is 5.73 Å². The minimum Gasteiger partial charge on any atom is -0.383 e. The molecule has 3 aromatic heterocycles. The number of aromatic nitrogens is 6. The zero-order valence-corrected chi connectivity index (χ0v) is 10.9. The number of rotatable bonds is 2. The van der Waals surface area contributed by atoms with Crippen molar-refractivity contribution in [3.05, 3.63) is 44.9 Å². The second kappa shape index (κ2) is 4.51. The standard InChI is InChI=1S/C11H10FN7O2/c1-18-9-5(2-14-18)8(13)15-7(16-9)4-19-3-6(12)10(20)17-11(19)21/h2-3H,4H2,1H3,(H2,13,15,16)(H,17,20,21). The van der Waals surface area contributed by atoms with Crippen LogP contribution in [0, 0.1) is 5.82 Å². The van der Waals surface area contributed by atoms with Crippen LogP contribution in [0.5, 0.6) is 0 Å². The number of nitrogens with zero attached hydrogens (tertiary/aromatic N) is 5. The first-order valence-corrected chi connectivity index (χ1v) is 5.89. The van der Waals surface area contributed by atoms with Crippen LogP contribution in [0.1, 0.15) is 5.82 Å². The molecule has 0 atom stereocenters. The Hall–Kier alpha value is -3.04. The zero-order valence-electron chi connectivity index (χ0n) is 10.9. The van der Waals surface area contributed by atoms with E-state index in [9.17, 15) is 14.0 Å². The van der Waals surface area contributed by atoms with Gasteiger partial charge in [-0.2, -0.15) is 9.49 Å². The molecule has 0 aliphatic rings. The first-order chi connectivity index (χ1) is 9.95. The number of nitrogens with two attached hydrogens (primary N) is 1. The fraction of sp³-hybridized carbons (Fsp3) is 0.182. The van der Waals surface area contributed by atoms with E-state index in [0.29, 0.717) is 11.0 Å². The van der Waals surface area contributed by atoms with E-state index < -0.39 is 17.1 Å². The van der Waals surface area contributed by atoms with Crippen LogP contribution >= 0.6 is 0 Å². The second-order valence-electron chi connectivity index (χ2n) is 4.39. The Morgan fingerprint density at radius 3 is 2.90 bits per heavy atom. The average molecular weight is 291 g/mol. The lowest BCUT2D eigenvalue weighted by atomic mass is 10.4. The topological polar surface area (TPSA) is 124 Å². The molecule has 0 aromatic carbocycles. The molecular weight excluding hydrogens is 281 g/mol. The number of hydrogen-bond donors (Lipinski definition) is 2. The molecule has 10 heteroatoms. The summed E-state index contributed by atoms with van der Waals surface area (Å²) in [4.78, 5) is 32.7. The molecule has 3 rings (SSSR count). The van der Waals surface area contributed by atoms with Gasteiger partial charge in [0.25, 0.3) is 5.56 Å². The van der Waals surface area contributed by atoms with Crippen molar-refractivity contribution in [2.75, 3.05) is 5.73 Å². The number of halogens is 1. The summed E-state index contributed by atoms with van der Waals surface area (Å²) in [6, 6.07) is 0. The molecular formula is C11H10FN7O2. The average Bonchev–Trinajstić information content (AvgIpc) is 2.78. The van der Waals surface area contributed by atoms with Gasteiger partial charge in [0.15, 0.2) is 11.5 Å². The number of aromatic amines is 1. The van der Waals surface area contributed by atoms with Crippen LogP contribution in [0.3, 0.4) is 0 Å². The molecule has 0 saturated heterocycles. The highest BCUT2D eigenvalue weighted by Crippen LogP contribution is 2.16. The van der Waals surface area contributed by atoms with E-state index >= 15 is 0 Å². The molecule has 3 N–H and O–H groups in total. The molecule has 0 aliphatic heterocycles. The minimum absolute atomic E-state index is 0.127. The van der Waals surface area contributed by atoms with Gasteiger partial charge in [0.05, 0.1) is 24.3 Å². The van der Waals surface area contributed by atoms with E-state index in [-0.39, 0.29) is 18.2 Å². The van der Waals surface area contributed by atoms with E-state index in [4.69, 9.17) is 5.73 Å². The molecule has 0 bridgehead atoms. The molecule has 0 radical (unpaired) electrons. The smallest absolute Gasteiger partial charge is 0.328 e. The van der Waals surface area contributed by atoms with Crippen LogP contribution in [0.25, 0.3) is 11.0 Å². The summed E-state index contributed by atoms with van der Waals surface area (Å²) in [5.41, 5.74) is 4.46. The molecule has 0 unspecified atom stereocenters. The Morgan fingerprint density at radius 1 is 1.38 bits per heavy atom. The Labute approximate surface area is 115 Å². The van der Waals surface area contributed by atoms with E-state index in [1.54, 1.807) is 7.05 Å². The molecule has 0 saturated carbocycles. The monoisotopic (exact) mass is 291 g/mol. The van der Waals surface area contributed by atoms with Gasteiger partial charge in [0.2, 0.25) is 5.82 Å². The number of fused-ring (bicyclic) bond motifs is 1. The van der Waals surface area contributed by atoms with Crippen LogP contribution in [0.15, 0.2) is 22.0 Å². The number of aryl methyl sites for hydroxylation is 1. The lowest BCUT2D eigenvalue weighted by Gasteiger charge is -2.05. The van der Waals surface area contributed by atoms with E-state index in [2.05, 4.69) is 15.1 Å². The van der Waals surface area contributed by atoms with Gasteiger partial charge in [-0.1, -0.05) is 0 Å². The third-order valence-electron chi connectivity index (χ3n) is 2.95. The molecule has 0 aliphatic carbocycles. The molecule has 21 heavy (non-hydrogen) atoms. The van der Waals surface area contributed by atoms with Crippen LogP contribution < -0.4 is 17.0 Å². The Kier molecular flexibility index (Phi) is 2.78. The number of nitrogens with one attached hydrogen (secondary N) is 1. The predicted molar refractivity (Wildman–Crippen MR) is 71.1 cm³/mol. The summed E-state index contributed by atoms with van der Waals surface area (Å²) in [5.74, 6) is -0.651. The molecule has 3 aromatic rings. The second-order valence-corrected chi connectivity index (χ2v) is 4.39. The van der Waals surface area contributed by atoms with Crippen molar-refractivity contribution in [3.8, 4) is 0 Å². The molecule has 0 spiro atoms. The van der Waals surface area contributed by atoms with Crippen molar-refractivity contribution >= 4 is 16.9 Å². The molecule has 3 heterocycles. The predicted octanol–water partition coefficient (Wildman–Crippen LogP) is -1.02. The molecule has 0 amide bonds. The van der Waals surface area contributed by atoms with Crippen LogP contribution in [-0.2, 0) is 13.6 Å². The maximum absolute atomic E-state index is 13.2. The van der Waals surface area contributed by atoms with Gasteiger partial charge in [-0.05, 0) is 0 Å². The minimum atomic E-state index is -1.07. The maximum Gasteiger partial charge on any atom is 0.328 e. The number of nitrogen functional groups attached to an aromatic ring is 1. The largest absolute Gasteiger partial charge is 0.383 e. The normalized spacial score (nSPS) is 11.1. The van der Waals surface area contributed by atoms with Crippen LogP contribution in [0.2, 0.25) is 0 Å². The summed E-state index contributed by atoms with van der Waals surface area (Å²) in [6.45, 7) is -0.127. The van der Waals surface area contributed by atoms with Gasteiger partial charge in [-0.15, -0.1) is 0 Å². The third-order valence-corrected chi connectivity index (χ3v) is 2.95. The summed E-state index contributed by atoms with van der Waals surface area (Å²) in [5, 5.41) is 4.59. The highest BCUT2D eigenvalue weighted by atomic mass is 19.1.